The van der Waals surface area contributed by atoms with Gasteiger partial charge < -0.3 is 19.4 Å². The second kappa shape index (κ2) is 12.2. The summed E-state index contributed by atoms with van der Waals surface area (Å²) in [5.41, 5.74) is 8.13. The van der Waals surface area contributed by atoms with E-state index >= 15 is 0 Å². The van der Waals surface area contributed by atoms with Crippen molar-refractivity contribution in [2.24, 2.45) is 13.0 Å². The van der Waals surface area contributed by atoms with E-state index in [1.54, 1.807) is 0 Å². The molecule has 1 saturated heterocycles. The molecule has 0 radical (unpaired) electrons. The summed E-state index contributed by atoms with van der Waals surface area (Å²) >= 11 is 0. The fourth-order valence-corrected chi connectivity index (χ4v) is 6.71. The second-order valence-electron chi connectivity index (χ2n) is 12.8. The van der Waals surface area contributed by atoms with E-state index in [0.717, 1.165) is 76.8 Å². The summed E-state index contributed by atoms with van der Waals surface area (Å²) in [6.45, 7) is 8.44. The normalized spacial score (nSPS) is 16.2. The number of nitrogens with one attached hydrogen (secondary N) is 1. The molecular weight excluding hydrogens is 550 g/mol. The molecule has 0 amide bonds. The van der Waals surface area contributed by atoms with Crippen molar-refractivity contribution in [2.45, 2.75) is 51.2 Å². The van der Waals surface area contributed by atoms with Crippen LogP contribution >= 0.6 is 0 Å². The molecule has 1 aliphatic heterocycles. The van der Waals surface area contributed by atoms with Crippen molar-refractivity contribution in [3.8, 4) is 11.3 Å². The lowest BCUT2D eigenvalue weighted by Crippen LogP contribution is -2.46. The summed E-state index contributed by atoms with van der Waals surface area (Å²) in [4.78, 5) is 18.8. The van der Waals surface area contributed by atoms with Gasteiger partial charge in [0.1, 0.15) is 6.29 Å². The van der Waals surface area contributed by atoms with E-state index < -0.39 is 0 Å². The van der Waals surface area contributed by atoms with Crippen LogP contribution in [0, 0.1) is 12.8 Å². The van der Waals surface area contributed by atoms with Crippen LogP contribution in [0.5, 0.6) is 0 Å². The van der Waals surface area contributed by atoms with E-state index in [0.29, 0.717) is 12.5 Å². The van der Waals surface area contributed by atoms with Crippen molar-refractivity contribution in [2.75, 3.05) is 33.9 Å². The van der Waals surface area contributed by atoms with E-state index in [1.807, 2.05) is 43.8 Å². The highest BCUT2D eigenvalue weighted by Crippen LogP contribution is 2.42. The molecule has 4 heterocycles. The molecule has 44 heavy (non-hydrogen) atoms. The number of aromatic nitrogens is 5. The number of benzene rings is 2. The molecule has 2 atom stereocenters. The molecule has 0 aliphatic carbocycles. The first-order valence-corrected chi connectivity index (χ1v) is 15.5. The van der Waals surface area contributed by atoms with Gasteiger partial charge in [0.15, 0.2) is 0 Å². The molecule has 2 unspecified atom stereocenters. The predicted molar refractivity (Wildman–Crippen MR) is 175 cm³/mol. The summed E-state index contributed by atoms with van der Waals surface area (Å²) in [5, 5.41) is 13.4. The minimum absolute atomic E-state index is 0.0995. The zero-order chi connectivity index (χ0) is 31.0. The lowest BCUT2D eigenvalue weighted by Gasteiger charge is -2.34. The summed E-state index contributed by atoms with van der Waals surface area (Å²) in [6, 6.07) is 19.7. The third-order valence-corrected chi connectivity index (χ3v) is 9.34. The number of carbonyl (C=O) groups is 1. The number of hydrogen-bond donors (Lipinski definition) is 1. The fraction of sp³-hybridized carbons (Fsp3) is 0.429. The summed E-state index contributed by atoms with van der Waals surface area (Å²) in [7, 11) is 5.79. The Balaban J connectivity index is 1.58. The number of hydrogen-bond acceptors (Lipinski definition) is 7. The highest BCUT2D eigenvalue weighted by molar-refractivity contribution is 6.07. The van der Waals surface area contributed by atoms with E-state index in [2.05, 4.69) is 88.6 Å². The first-order chi connectivity index (χ1) is 21.2. The quantitative estimate of drug-likeness (QED) is 0.221. The Morgan fingerprint density at radius 1 is 1.09 bits per heavy atom. The van der Waals surface area contributed by atoms with E-state index in [1.165, 1.54) is 5.56 Å². The van der Waals surface area contributed by atoms with Crippen LogP contribution < -0.4 is 5.32 Å². The molecule has 9 nitrogen and oxygen atoms in total. The van der Waals surface area contributed by atoms with E-state index in [9.17, 15) is 4.79 Å². The van der Waals surface area contributed by atoms with Crippen molar-refractivity contribution < 1.29 is 9.53 Å². The molecule has 0 bridgehead atoms. The van der Waals surface area contributed by atoms with E-state index in [-0.39, 0.29) is 17.6 Å². The Hall–Kier alpha value is -3.92. The van der Waals surface area contributed by atoms with Crippen LogP contribution in [0.4, 0.5) is 0 Å². The van der Waals surface area contributed by atoms with Gasteiger partial charge in [-0.05, 0) is 76.9 Å². The van der Waals surface area contributed by atoms with Crippen molar-refractivity contribution in [3.63, 3.8) is 0 Å². The molecular formula is C35H43N7O2. The number of pyridine rings is 1. The van der Waals surface area contributed by atoms with Crippen LogP contribution in [-0.4, -0.2) is 75.6 Å². The van der Waals surface area contributed by atoms with E-state index in [4.69, 9.17) is 9.72 Å². The molecule has 2 aromatic carbocycles. The van der Waals surface area contributed by atoms with Gasteiger partial charge in [-0.2, -0.15) is 0 Å². The summed E-state index contributed by atoms with van der Waals surface area (Å²) in [5.74, 6) is 0.400. The predicted octanol–water partition coefficient (Wildman–Crippen LogP) is 5.26. The minimum atomic E-state index is -0.371. The van der Waals surface area contributed by atoms with Crippen molar-refractivity contribution >= 4 is 28.2 Å². The largest absolute Gasteiger partial charge is 0.381 e. The first kappa shape index (κ1) is 30.1. The smallest absolute Gasteiger partial charge is 0.138 e. The average Bonchev–Trinajstić information content (AvgIpc) is 3.53. The lowest BCUT2D eigenvalue weighted by atomic mass is 9.86. The molecule has 9 heteroatoms. The van der Waals surface area contributed by atoms with Crippen molar-refractivity contribution in [1.82, 2.24) is 34.8 Å². The summed E-state index contributed by atoms with van der Waals surface area (Å²) in [6.07, 6.45) is 4.93. The van der Waals surface area contributed by atoms with Gasteiger partial charge in [-0.3, -0.25) is 9.88 Å². The van der Waals surface area contributed by atoms with Crippen molar-refractivity contribution in [3.05, 3.63) is 77.6 Å². The Kier molecular flexibility index (Phi) is 8.37. The number of nitrogens with zero attached hydrogens (tertiary/aromatic N) is 6. The van der Waals surface area contributed by atoms with Gasteiger partial charge in [0.2, 0.25) is 0 Å². The number of fused-ring (bicyclic) bond motifs is 3. The monoisotopic (exact) mass is 593 g/mol. The Morgan fingerprint density at radius 2 is 1.84 bits per heavy atom. The number of rotatable bonds is 10. The van der Waals surface area contributed by atoms with Crippen molar-refractivity contribution in [1.29, 1.82) is 0 Å². The molecule has 1 N–H and O–H groups in total. The van der Waals surface area contributed by atoms with Gasteiger partial charge in [0.25, 0.3) is 0 Å². The summed E-state index contributed by atoms with van der Waals surface area (Å²) < 4.78 is 10.2. The molecule has 0 spiro atoms. The van der Waals surface area contributed by atoms with Crippen LogP contribution in [0.25, 0.3) is 33.2 Å². The zero-order valence-corrected chi connectivity index (χ0v) is 26.6. The van der Waals surface area contributed by atoms with Gasteiger partial charge in [-0.1, -0.05) is 47.7 Å². The Morgan fingerprint density at radius 3 is 2.50 bits per heavy atom. The molecule has 0 saturated carbocycles. The maximum Gasteiger partial charge on any atom is 0.138 e. The third kappa shape index (κ3) is 5.56. The fourth-order valence-electron chi connectivity index (χ4n) is 6.71. The zero-order valence-electron chi connectivity index (χ0n) is 26.6. The molecule has 3 aromatic heterocycles. The van der Waals surface area contributed by atoms with Crippen LogP contribution in [0.15, 0.2) is 60.8 Å². The van der Waals surface area contributed by atoms with Gasteiger partial charge in [-0.15, -0.1) is 5.10 Å². The number of aldehydes is 1. The van der Waals surface area contributed by atoms with Crippen LogP contribution in [0.1, 0.15) is 49.6 Å². The maximum absolute atomic E-state index is 11.7. The van der Waals surface area contributed by atoms with Gasteiger partial charge in [-0.25, -0.2) is 4.68 Å². The topological polar surface area (TPSA) is 90.1 Å². The second-order valence-corrected chi connectivity index (χ2v) is 12.8. The molecule has 6 rings (SSSR count). The molecule has 5 aromatic rings. The maximum atomic E-state index is 11.7. The Bertz CT molecular complexity index is 1750. The SMILES string of the molecule is Cc1nnn(C)c1-c1cnc2c3ccc(C(C)(C)NCC(C=O)N(C)C)cc3n(C(c3ccccc3)C3CCOCC3)c2c1. The first-order valence-electron chi connectivity index (χ1n) is 15.5. The van der Waals surface area contributed by atoms with Gasteiger partial charge >= 0.3 is 0 Å². The molecule has 230 valence electrons. The van der Waals surface area contributed by atoms with Crippen LogP contribution in [0.2, 0.25) is 0 Å². The number of ether oxygens (including phenoxy) is 1. The number of likely N-dealkylation sites (N-methyl/N-ethyl adjacent to an activating group) is 1. The third-order valence-electron chi connectivity index (χ3n) is 9.34. The van der Waals surface area contributed by atoms with Gasteiger partial charge in [0.05, 0.1) is 40.0 Å². The standard InChI is InChI=1S/C35H43N7O2/c1-23-33(41(6)39-38-23)26-18-31-32(36-20-26)29-13-12-27(35(2,3)37-21-28(22-43)40(4)5)19-30(29)42(31)34(24-10-8-7-9-11-24)25-14-16-44-17-15-25/h7-13,18-20,22,25,28,34,37H,14-17,21H2,1-6H3. The molecule has 1 fully saturated rings. The average molecular weight is 594 g/mol. The highest BCUT2D eigenvalue weighted by atomic mass is 16.5. The minimum Gasteiger partial charge on any atom is -0.381 e. The highest BCUT2D eigenvalue weighted by Gasteiger charge is 2.31. The molecule has 1 aliphatic rings. The van der Waals surface area contributed by atoms with Crippen LogP contribution in [0.3, 0.4) is 0 Å². The van der Waals surface area contributed by atoms with Crippen LogP contribution in [-0.2, 0) is 22.1 Å². The van der Waals surface area contributed by atoms with Gasteiger partial charge in [0, 0.05) is 49.5 Å². The number of carbonyl (C=O) groups excluding carboxylic acids is 1. The lowest BCUT2D eigenvalue weighted by molar-refractivity contribution is -0.111. The number of aryl methyl sites for hydroxylation is 2. The Labute approximate surface area is 259 Å².